The molecule has 2 heterocycles. The van der Waals surface area contributed by atoms with Crippen molar-refractivity contribution in [2.45, 2.75) is 6.04 Å². The molecule has 0 N–H and O–H groups in total. The Hall–Kier alpha value is 0.270. The van der Waals surface area contributed by atoms with E-state index in [-0.39, 0.29) is 0 Å². The molecule has 2 fully saturated rings. The summed E-state index contributed by atoms with van der Waals surface area (Å²) in [6.07, 6.45) is 0. The molecule has 0 spiro atoms. The van der Waals surface area contributed by atoms with Crippen LogP contribution in [0.1, 0.15) is 0 Å². The molecule has 11 heavy (non-hydrogen) atoms. The van der Waals surface area contributed by atoms with Crippen LogP contribution in [-0.4, -0.2) is 60.6 Å². The molecule has 0 aliphatic carbocycles. The minimum atomic E-state index is 0.854. The van der Waals surface area contributed by atoms with Gasteiger partial charge in [-0.05, 0) is 7.05 Å². The standard InChI is InChI=1S/C8H16N2S/c1-9-2-3-10-4-5-11-7-8(10)6-9/h8H,2-7H2,1H3. The average Bonchev–Trinajstić information content (AvgIpc) is 2.04. The van der Waals surface area contributed by atoms with E-state index in [4.69, 9.17) is 0 Å². The van der Waals surface area contributed by atoms with E-state index in [0.29, 0.717) is 0 Å². The molecule has 2 saturated heterocycles. The molecule has 64 valence electrons. The molecule has 2 rings (SSSR count). The van der Waals surface area contributed by atoms with Gasteiger partial charge < -0.3 is 4.90 Å². The smallest absolute Gasteiger partial charge is 0.0314 e. The van der Waals surface area contributed by atoms with Crippen molar-refractivity contribution < 1.29 is 0 Å². The average molecular weight is 172 g/mol. The molecule has 3 heteroatoms. The van der Waals surface area contributed by atoms with Gasteiger partial charge in [-0.2, -0.15) is 11.8 Å². The van der Waals surface area contributed by atoms with Crippen LogP contribution < -0.4 is 0 Å². The van der Waals surface area contributed by atoms with Gasteiger partial charge in [-0.3, -0.25) is 4.90 Å². The van der Waals surface area contributed by atoms with E-state index >= 15 is 0 Å². The van der Waals surface area contributed by atoms with Crippen LogP contribution in [0, 0.1) is 0 Å². The van der Waals surface area contributed by atoms with Crippen molar-refractivity contribution in [1.82, 2.24) is 9.80 Å². The molecule has 0 radical (unpaired) electrons. The van der Waals surface area contributed by atoms with Gasteiger partial charge in [0.05, 0.1) is 0 Å². The number of thioether (sulfide) groups is 1. The monoisotopic (exact) mass is 172 g/mol. The van der Waals surface area contributed by atoms with Crippen LogP contribution in [0.2, 0.25) is 0 Å². The Morgan fingerprint density at radius 1 is 1.27 bits per heavy atom. The van der Waals surface area contributed by atoms with E-state index in [0.717, 1.165) is 6.04 Å². The molecule has 2 aliphatic heterocycles. The van der Waals surface area contributed by atoms with Crippen LogP contribution in [0.15, 0.2) is 0 Å². The Bertz CT molecular complexity index is 140. The van der Waals surface area contributed by atoms with E-state index in [1.165, 1.54) is 37.7 Å². The second-order valence-corrected chi connectivity index (χ2v) is 4.68. The number of hydrogen-bond acceptors (Lipinski definition) is 3. The summed E-state index contributed by atoms with van der Waals surface area (Å²) in [4.78, 5) is 5.10. The van der Waals surface area contributed by atoms with Gasteiger partial charge in [-0.25, -0.2) is 0 Å². The van der Waals surface area contributed by atoms with Crippen LogP contribution in [0.25, 0.3) is 0 Å². The zero-order chi connectivity index (χ0) is 7.68. The molecule has 0 amide bonds. The molecule has 0 saturated carbocycles. The molecule has 0 aromatic heterocycles. The summed E-state index contributed by atoms with van der Waals surface area (Å²) in [5, 5.41) is 0. The van der Waals surface area contributed by atoms with Gasteiger partial charge in [0.15, 0.2) is 0 Å². The zero-order valence-electron chi connectivity index (χ0n) is 7.12. The number of rotatable bonds is 0. The van der Waals surface area contributed by atoms with Gasteiger partial charge in [-0.1, -0.05) is 0 Å². The third kappa shape index (κ3) is 1.71. The highest BCUT2D eigenvalue weighted by Gasteiger charge is 2.27. The quantitative estimate of drug-likeness (QED) is 0.520. The van der Waals surface area contributed by atoms with E-state index in [1.54, 1.807) is 0 Å². The summed E-state index contributed by atoms with van der Waals surface area (Å²) in [5.74, 6) is 2.70. The first kappa shape index (κ1) is 7.90. The van der Waals surface area contributed by atoms with E-state index in [9.17, 15) is 0 Å². The summed E-state index contributed by atoms with van der Waals surface area (Å²) < 4.78 is 0. The Balaban J connectivity index is 1.93. The molecule has 0 aromatic carbocycles. The van der Waals surface area contributed by atoms with Gasteiger partial charge in [0.2, 0.25) is 0 Å². The number of fused-ring (bicyclic) bond motifs is 1. The first-order valence-corrected chi connectivity index (χ1v) is 5.52. The van der Waals surface area contributed by atoms with Gasteiger partial charge >= 0.3 is 0 Å². The van der Waals surface area contributed by atoms with Crippen molar-refractivity contribution in [3.8, 4) is 0 Å². The van der Waals surface area contributed by atoms with Crippen LogP contribution in [-0.2, 0) is 0 Å². The highest BCUT2D eigenvalue weighted by atomic mass is 32.2. The van der Waals surface area contributed by atoms with E-state index in [1.807, 2.05) is 0 Å². The van der Waals surface area contributed by atoms with Crippen molar-refractivity contribution in [3.63, 3.8) is 0 Å². The third-order valence-corrected chi connectivity index (χ3v) is 3.73. The van der Waals surface area contributed by atoms with Crippen LogP contribution >= 0.6 is 11.8 Å². The van der Waals surface area contributed by atoms with Crippen LogP contribution in [0.5, 0.6) is 0 Å². The lowest BCUT2D eigenvalue weighted by molar-refractivity contribution is 0.105. The first-order chi connectivity index (χ1) is 5.36. The lowest BCUT2D eigenvalue weighted by atomic mass is 10.2. The highest BCUT2D eigenvalue weighted by molar-refractivity contribution is 7.99. The number of nitrogens with zero attached hydrogens (tertiary/aromatic N) is 2. The summed E-state index contributed by atoms with van der Waals surface area (Å²) >= 11 is 2.11. The van der Waals surface area contributed by atoms with E-state index in [2.05, 4.69) is 28.6 Å². The minimum absolute atomic E-state index is 0.854. The van der Waals surface area contributed by atoms with Crippen molar-refractivity contribution in [1.29, 1.82) is 0 Å². The zero-order valence-corrected chi connectivity index (χ0v) is 7.94. The Morgan fingerprint density at radius 3 is 3.09 bits per heavy atom. The Morgan fingerprint density at radius 2 is 2.18 bits per heavy atom. The summed E-state index contributed by atoms with van der Waals surface area (Å²) in [7, 11) is 2.23. The largest absolute Gasteiger partial charge is 0.304 e. The minimum Gasteiger partial charge on any atom is -0.304 e. The summed E-state index contributed by atoms with van der Waals surface area (Å²) in [6, 6.07) is 0.854. The number of likely N-dealkylation sites (N-methyl/N-ethyl adjacent to an activating group) is 1. The third-order valence-electron chi connectivity index (χ3n) is 2.64. The molecule has 2 aliphatic rings. The van der Waals surface area contributed by atoms with Crippen molar-refractivity contribution in [2.24, 2.45) is 0 Å². The molecule has 0 aromatic rings. The Labute approximate surface area is 72.9 Å². The second-order valence-electron chi connectivity index (χ2n) is 3.53. The predicted molar refractivity (Wildman–Crippen MR) is 50.2 cm³/mol. The van der Waals surface area contributed by atoms with Crippen molar-refractivity contribution in [2.75, 3.05) is 44.7 Å². The lowest BCUT2D eigenvalue weighted by Gasteiger charge is -2.42. The molecule has 1 unspecified atom stereocenters. The molecule has 0 bridgehead atoms. The normalized spacial score (nSPS) is 35.2. The summed E-state index contributed by atoms with van der Waals surface area (Å²) in [6.45, 7) is 5.17. The summed E-state index contributed by atoms with van der Waals surface area (Å²) in [5.41, 5.74) is 0. The Kier molecular flexibility index (Phi) is 2.39. The maximum absolute atomic E-state index is 2.65. The number of piperazine rings is 1. The first-order valence-electron chi connectivity index (χ1n) is 4.36. The van der Waals surface area contributed by atoms with Crippen LogP contribution in [0.4, 0.5) is 0 Å². The fourth-order valence-electron chi connectivity index (χ4n) is 1.90. The van der Waals surface area contributed by atoms with Gasteiger partial charge in [-0.15, -0.1) is 0 Å². The van der Waals surface area contributed by atoms with Gasteiger partial charge in [0.25, 0.3) is 0 Å². The molecular formula is C8H16N2S. The molecular weight excluding hydrogens is 156 g/mol. The number of hydrogen-bond donors (Lipinski definition) is 0. The maximum Gasteiger partial charge on any atom is 0.0314 e. The van der Waals surface area contributed by atoms with Gasteiger partial charge in [0, 0.05) is 43.7 Å². The predicted octanol–water partition coefficient (Wildman–Crippen LogP) is 0.349. The highest BCUT2D eigenvalue weighted by Crippen LogP contribution is 2.19. The maximum atomic E-state index is 2.65. The SMILES string of the molecule is CN1CCN2CCSCC2C1. The topological polar surface area (TPSA) is 6.48 Å². The van der Waals surface area contributed by atoms with Crippen molar-refractivity contribution in [3.05, 3.63) is 0 Å². The fraction of sp³-hybridized carbons (Fsp3) is 1.00. The fourth-order valence-corrected chi connectivity index (χ4v) is 3.02. The van der Waals surface area contributed by atoms with Crippen LogP contribution in [0.3, 0.4) is 0 Å². The van der Waals surface area contributed by atoms with Crippen molar-refractivity contribution >= 4 is 11.8 Å². The second kappa shape index (κ2) is 3.33. The van der Waals surface area contributed by atoms with Gasteiger partial charge in [0.1, 0.15) is 0 Å². The molecule has 2 nitrogen and oxygen atoms in total. The lowest BCUT2D eigenvalue weighted by Crippen LogP contribution is -2.55. The molecule has 1 atom stereocenters. The van der Waals surface area contributed by atoms with E-state index < -0.39 is 0 Å².